The first kappa shape index (κ1) is 14.1. The molecule has 96 valence electrons. The normalized spacial score (nSPS) is 12.5. The fraction of sp³-hybridized carbons (Fsp3) is 0.333. The number of benzene rings is 1. The van der Waals surface area contributed by atoms with E-state index in [2.05, 4.69) is 4.74 Å². The molecule has 0 atom stereocenters. The molecule has 0 bridgehead atoms. The number of methoxy groups -OCH3 is 1. The van der Waals surface area contributed by atoms with Crippen LogP contribution in [-0.4, -0.2) is 15.5 Å². The Balaban J connectivity index is 3.24. The van der Waals surface area contributed by atoms with Crippen LogP contribution in [0.5, 0.6) is 5.75 Å². The van der Waals surface area contributed by atoms with Gasteiger partial charge in [0.1, 0.15) is 5.75 Å². The highest BCUT2D eigenvalue weighted by atomic mass is 35.7. The standard InChI is InChI=1S/C9H8ClF3O3S/c1-16-8-3-6(5-17(10,14)15)2-7(4-8)9(11,12)13/h2-4H,5H2,1H3. The molecule has 0 N–H and O–H groups in total. The van der Waals surface area contributed by atoms with Crippen molar-refractivity contribution in [3.8, 4) is 5.75 Å². The van der Waals surface area contributed by atoms with Crippen LogP contribution in [0.4, 0.5) is 13.2 Å². The minimum absolute atomic E-state index is 0.0739. The van der Waals surface area contributed by atoms with Gasteiger partial charge in [0.05, 0.1) is 18.4 Å². The summed E-state index contributed by atoms with van der Waals surface area (Å²) in [6.45, 7) is 0. The van der Waals surface area contributed by atoms with Crippen molar-refractivity contribution in [2.75, 3.05) is 7.11 Å². The van der Waals surface area contributed by atoms with Crippen LogP contribution in [-0.2, 0) is 21.0 Å². The summed E-state index contributed by atoms with van der Waals surface area (Å²) >= 11 is 0. The molecule has 1 rings (SSSR count). The van der Waals surface area contributed by atoms with E-state index < -0.39 is 26.5 Å². The maximum absolute atomic E-state index is 12.5. The highest BCUT2D eigenvalue weighted by molar-refractivity contribution is 8.13. The molecule has 0 aliphatic rings. The van der Waals surface area contributed by atoms with Crippen LogP contribution in [0.25, 0.3) is 0 Å². The average Bonchev–Trinajstić information content (AvgIpc) is 2.13. The molecule has 0 heterocycles. The molecule has 0 aliphatic carbocycles. The SMILES string of the molecule is COc1cc(CS(=O)(=O)Cl)cc(C(F)(F)F)c1. The van der Waals surface area contributed by atoms with Gasteiger partial charge >= 0.3 is 6.18 Å². The Morgan fingerprint density at radius 1 is 1.29 bits per heavy atom. The number of hydrogen-bond donors (Lipinski definition) is 0. The Morgan fingerprint density at radius 2 is 1.88 bits per heavy atom. The Kier molecular flexibility index (Phi) is 3.93. The van der Waals surface area contributed by atoms with Gasteiger partial charge in [0, 0.05) is 10.7 Å². The lowest BCUT2D eigenvalue weighted by Crippen LogP contribution is -2.07. The first-order chi connectivity index (χ1) is 7.62. The monoisotopic (exact) mass is 288 g/mol. The molecule has 0 unspecified atom stereocenters. The molecule has 17 heavy (non-hydrogen) atoms. The molecular formula is C9H8ClF3O3S. The quantitative estimate of drug-likeness (QED) is 0.803. The molecule has 0 radical (unpaired) electrons. The van der Waals surface area contributed by atoms with Crippen LogP contribution >= 0.6 is 10.7 Å². The van der Waals surface area contributed by atoms with E-state index in [1.54, 1.807) is 0 Å². The number of halogens is 4. The van der Waals surface area contributed by atoms with E-state index >= 15 is 0 Å². The van der Waals surface area contributed by atoms with Crippen LogP contribution in [0.1, 0.15) is 11.1 Å². The van der Waals surface area contributed by atoms with Gasteiger partial charge in [-0.15, -0.1) is 0 Å². The molecular weight excluding hydrogens is 281 g/mol. The summed E-state index contributed by atoms with van der Waals surface area (Å²) in [5, 5.41) is 0. The Hall–Kier alpha value is -0.950. The third-order valence-corrected chi connectivity index (χ3v) is 2.87. The number of hydrogen-bond acceptors (Lipinski definition) is 3. The molecule has 0 amide bonds. The molecule has 1 aromatic carbocycles. The van der Waals surface area contributed by atoms with Gasteiger partial charge in [-0.2, -0.15) is 13.2 Å². The summed E-state index contributed by atoms with van der Waals surface area (Å²) in [6, 6.07) is 2.70. The molecule has 0 fully saturated rings. The predicted molar refractivity (Wildman–Crippen MR) is 56.5 cm³/mol. The van der Waals surface area contributed by atoms with Crippen molar-refractivity contribution in [1.29, 1.82) is 0 Å². The molecule has 0 saturated carbocycles. The van der Waals surface area contributed by atoms with E-state index in [0.717, 1.165) is 12.1 Å². The highest BCUT2D eigenvalue weighted by Crippen LogP contribution is 2.33. The second kappa shape index (κ2) is 4.73. The van der Waals surface area contributed by atoms with Gasteiger partial charge in [0.2, 0.25) is 9.05 Å². The van der Waals surface area contributed by atoms with Crippen LogP contribution in [0.15, 0.2) is 18.2 Å². The second-order valence-corrected chi connectivity index (χ2v) is 6.03. The summed E-state index contributed by atoms with van der Waals surface area (Å²) in [7, 11) is 2.25. The van der Waals surface area contributed by atoms with Gasteiger partial charge in [-0.3, -0.25) is 0 Å². The van der Waals surface area contributed by atoms with E-state index in [1.807, 2.05) is 0 Å². The summed E-state index contributed by atoms with van der Waals surface area (Å²) in [6.07, 6.45) is -4.57. The third kappa shape index (κ3) is 4.43. The van der Waals surface area contributed by atoms with Crippen molar-refractivity contribution in [3.05, 3.63) is 29.3 Å². The van der Waals surface area contributed by atoms with E-state index in [9.17, 15) is 21.6 Å². The lowest BCUT2D eigenvalue weighted by Gasteiger charge is -2.10. The van der Waals surface area contributed by atoms with Crippen LogP contribution in [0.3, 0.4) is 0 Å². The topological polar surface area (TPSA) is 43.4 Å². The molecule has 8 heteroatoms. The maximum Gasteiger partial charge on any atom is 0.416 e. The lowest BCUT2D eigenvalue weighted by molar-refractivity contribution is -0.137. The molecule has 0 aliphatic heterocycles. The van der Waals surface area contributed by atoms with Gasteiger partial charge in [0.25, 0.3) is 0 Å². The summed E-state index contributed by atoms with van der Waals surface area (Å²) < 4.78 is 63.7. The van der Waals surface area contributed by atoms with Gasteiger partial charge in [-0.05, 0) is 23.8 Å². The maximum atomic E-state index is 12.5. The van der Waals surface area contributed by atoms with Crippen molar-refractivity contribution in [1.82, 2.24) is 0 Å². The summed E-state index contributed by atoms with van der Waals surface area (Å²) in [4.78, 5) is 0. The summed E-state index contributed by atoms with van der Waals surface area (Å²) in [5.74, 6) is -0.760. The van der Waals surface area contributed by atoms with E-state index in [0.29, 0.717) is 0 Å². The van der Waals surface area contributed by atoms with Crippen molar-refractivity contribution in [3.63, 3.8) is 0 Å². The highest BCUT2D eigenvalue weighted by Gasteiger charge is 2.31. The van der Waals surface area contributed by atoms with Crippen molar-refractivity contribution in [2.45, 2.75) is 11.9 Å². The number of ether oxygens (including phenoxy) is 1. The minimum Gasteiger partial charge on any atom is -0.497 e. The fourth-order valence-corrected chi connectivity index (χ4v) is 2.17. The van der Waals surface area contributed by atoms with Gasteiger partial charge in [0.15, 0.2) is 0 Å². The zero-order valence-corrected chi connectivity index (χ0v) is 10.2. The van der Waals surface area contributed by atoms with Crippen molar-refractivity contribution >= 4 is 19.7 Å². The zero-order valence-electron chi connectivity index (χ0n) is 8.58. The molecule has 0 saturated heterocycles. The number of rotatable bonds is 3. The molecule has 3 nitrogen and oxygen atoms in total. The Bertz CT molecular complexity index is 511. The summed E-state index contributed by atoms with van der Waals surface area (Å²) in [5.41, 5.74) is -1.06. The Morgan fingerprint density at radius 3 is 2.29 bits per heavy atom. The fourth-order valence-electron chi connectivity index (χ4n) is 1.22. The second-order valence-electron chi connectivity index (χ2n) is 3.25. The Labute approximate surface area is 101 Å². The van der Waals surface area contributed by atoms with Gasteiger partial charge in [-0.25, -0.2) is 8.42 Å². The first-order valence-corrected chi connectivity index (χ1v) is 6.77. The van der Waals surface area contributed by atoms with Crippen LogP contribution in [0.2, 0.25) is 0 Å². The lowest BCUT2D eigenvalue weighted by atomic mass is 10.1. The van der Waals surface area contributed by atoms with E-state index in [-0.39, 0.29) is 11.3 Å². The number of alkyl halides is 3. The van der Waals surface area contributed by atoms with E-state index in [4.69, 9.17) is 10.7 Å². The van der Waals surface area contributed by atoms with Gasteiger partial charge < -0.3 is 4.74 Å². The minimum atomic E-state index is -4.57. The third-order valence-electron chi connectivity index (χ3n) is 1.87. The van der Waals surface area contributed by atoms with Crippen LogP contribution in [0, 0.1) is 0 Å². The average molecular weight is 289 g/mol. The van der Waals surface area contributed by atoms with E-state index in [1.165, 1.54) is 13.2 Å². The predicted octanol–water partition coefficient (Wildman–Crippen LogP) is 2.78. The largest absolute Gasteiger partial charge is 0.497 e. The first-order valence-electron chi connectivity index (χ1n) is 4.29. The van der Waals surface area contributed by atoms with Crippen molar-refractivity contribution in [2.24, 2.45) is 0 Å². The molecule has 0 spiro atoms. The molecule has 0 aromatic heterocycles. The van der Waals surface area contributed by atoms with Crippen molar-refractivity contribution < 1.29 is 26.3 Å². The smallest absolute Gasteiger partial charge is 0.416 e. The molecule has 1 aromatic rings. The zero-order chi connectivity index (χ0) is 13.3. The van der Waals surface area contributed by atoms with Crippen LogP contribution < -0.4 is 4.74 Å². The van der Waals surface area contributed by atoms with Gasteiger partial charge in [-0.1, -0.05) is 0 Å².